The van der Waals surface area contributed by atoms with Crippen molar-refractivity contribution in [1.29, 1.82) is 0 Å². The van der Waals surface area contributed by atoms with Crippen LogP contribution in [0.5, 0.6) is 0 Å². The first-order chi connectivity index (χ1) is 8.33. The van der Waals surface area contributed by atoms with Crippen LogP contribution in [-0.2, 0) is 0 Å². The quantitative estimate of drug-likeness (QED) is 0.713. The molecule has 17 heavy (non-hydrogen) atoms. The van der Waals surface area contributed by atoms with Crippen LogP contribution in [0, 0.1) is 17.3 Å². The van der Waals surface area contributed by atoms with Crippen LogP contribution in [-0.4, -0.2) is 24.3 Å². The van der Waals surface area contributed by atoms with Crippen molar-refractivity contribution in [2.24, 2.45) is 17.3 Å². The Morgan fingerprint density at radius 2 is 1.65 bits per heavy atom. The standard InChI is InChI=1S/C15H27NO/c17-10-9-15(7-8-15)11-16-14(12-3-1-4-12)13-5-2-6-13/h12-14,16-17H,1-11H2. The molecule has 2 heteroatoms. The fourth-order valence-corrected chi connectivity index (χ4v) is 3.58. The molecule has 0 spiro atoms. The molecule has 0 heterocycles. The number of rotatable bonds is 7. The monoisotopic (exact) mass is 237 g/mol. The normalized spacial score (nSPS) is 27.9. The van der Waals surface area contributed by atoms with E-state index < -0.39 is 0 Å². The van der Waals surface area contributed by atoms with Crippen molar-refractivity contribution in [2.45, 2.75) is 63.8 Å². The highest BCUT2D eigenvalue weighted by molar-refractivity contribution is 4.98. The van der Waals surface area contributed by atoms with Gasteiger partial charge in [0.15, 0.2) is 0 Å². The Kier molecular flexibility index (Phi) is 3.45. The maximum Gasteiger partial charge on any atom is 0.0436 e. The van der Waals surface area contributed by atoms with Gasteiger partial charge in [0.2, 0.25) is 0 Å². The van der Waals surface area contributed by atoms with E-state index >= 15 is 0 Å². The molecule has 3 rings (SSSR count). The molecule has 0 unspecified atom stereocenters. The minimum Gasteiger partial charge on any atom is -0.396 e. The zero-order chi connectivity index (χ0) is 11.7. The molecule has 0 radical (unpaired) electrons. The van der Waals surface area contributed by atoms with Gasteiger partial charge >= 0.3 is 0 Å². The second-order valence-corrected chi connectivity index (χ2v) is 6.76. The molecule has 0 amide bonds. The van der Waals surface area contributed by atoms with Crippen LogP contribution in [0.25, 0.3) is 0 Å². The molecule has 0 bridgehead atoms. The predicted molar refractivity (Wildman–Crippen MR) is 69.8 cm³/mol. The summed E-state index contributed by atoms with van der Waals surface area (Å²) in [7, 11) is 0. The lowest BCUT2D eigenvalue weighted by Gasteiger charge is -2.43. The predicted octanol–water partition coefficient (Wildman–Crippen LogP) is 2.71. The lowest BCUT2D eigenvalue weighted by molar-refractivity contribution is 0.115. The summed E-state index contributed by atoms with van der Waals surface area (Å²) >= 11 is 0. The summed E-state index contributed by atoms with van der Waals surface area (Å²) in [5.74, 6) is 1.95. The first kappa shape index (κ1) is 12.0. The van der Waals surface area contributed by atoms with E-state index in [4.69, 9.17) is 5.11 Å². The van der Waals surface area contributed by atoms with Gasteiger partial charge in [-0.2, -0.15) is 0 Å². The molecule has 3 aliphatic rings. The lowest BCUT2D eigenvalue weighted by atomic mass is 9.68. The number of hydrogen-bond donors (Lipinski definition) is 2. The van der Waals surface area contributed by atoms with Crippen LogP contribution in [0.4, 0.5) is 0 Å². The minimum absolute atomic E-state index is 0.374. The number of hydrogen-bond acceptors (Lipinski definition) is 2. The van der Waals surface area contributed by atoms with Gasteiger partial charge in [-0.3, -0.25) is 0 Å². The molecule has 0 saturated heterocycles. The molecule has 0 aromatic rings. The summed E-state index contributed by atoms with van der Waals surface area (Å²) in [6.07, 6.45) is 12.4. The Labute approximate surface area is 105 Å². The van der Waals surface area contributed by atoms with Gasteiger partial charge in [-0.25, -0.2) is 0 Å². The average molecular weight is 237 g/mol. The molecule has 98 valence electrons. The summed E-state index contributed by atoms with van der Waals surface area (Å²) in [6, 6.07) is 0.814. The number of aliphatic hydroxyl groups is 1. The average Bonchev–Trinajstić information content (AvgIpc) is 2.90. The van der Waals surface area contributed by atoms with E-state index in [1.807, 2.05) is 0 Å². The summed E-state index contributed by atoms with van der Waals surface area (Å²) < 4.78 is 0. The van der Waals surface area contributed by atoms with Crippen molar-refractivity contribution in [3.8, 4) is 0 Å². The Balaban J connectivity index is 1.49. The van der Waals surface area contributed by atoms with Gasteiger partial charge < -0.3 is 10.4 Å². The molecule has 3 saturated carbocycles. The van der Waals surface area contributed by atoms with Gasteiger partial charge in [-0.15, -0.1) is 0 Å². The summed E-state index contributed by atoms with van der Waals surface area (Å²) in [4.78, 5) is 0. The molecule has 0 aromatic heterocycles. The first-order valence-electron chi connectivity index (χ1n) is 7.67. The molecule has 2 nitrogen and oxygen atoms in total. The van der Waals surface area contributed by atoms with Crippen molar-refractivity contribution in [2.75, 3.05) is 13.2 Å². The Hall–Kier alpha value is -0.0800. The van der Waals surface area contributed by atoms with Crippen LogP contribution >= 0.6 is 0 Å². The Bertz CT molecular complexity index is 240. The van der Waals surface area contributed by atoms with E-state index in [0.29, 0.717) is 12.0 Å². The zero-order valence-electron chi connectivity index (χ0n) is 11.0. The summed E-state index contributed by atoms with van der Waals surface area (Å²) in [5, 5.41) is 13.0. The Morgan fingerprint density at radius 3 is 2.00 bits per heavy atom. The molecule has 0 aromatic carbocycles. The minimum atomic E-state index is 0.374. The SMILES string of the molecule is OCCC1(CNC(C2CCC2)C2CCC2)CC1. The molecule has 3 fully saturated rings. The maximum absolute atomic E-state index is 9.11. The zero-order valence-corrected chi connectivity index (χ0v) is 11.0. The fraction of sp³-hybridized carbons (Fsp3) is 1.00. The third-order valence-corrected chi connectivity index (χ3v) is 5.63. The van der Waals surface area contributed by atoms with Crippen molar-refractivity contribution in [1.82, 2.24) is 5.32 Å². The maximum atomic E-state index is 9.11. The Morgan fingerprint density at radius 1 is 1.06 bits per heavy atom. The highest BCUT2D eigenvalue weighted by Gasteiger charge is 2.43. The van der Waals surface area contributed by atoms with Gasteiger partial charge in [-0.05, 0) is 62.2 Å². The van der Waals surface area contributed by atoms with Crippen molar-refractivity contribution >= 4 is 0 Å². The van der Waals surface area contributed by atoms with Crippen LogP contribution in [0.3, 0.4) is 0 Å². The van der Waals surface area contributed by atoms with Crippen LogP contribution in [0.2, 0.25) is 0 Å². The van der Waals surface area contributed by atoms with Gasteiger partial charge in [0.05, 0.1) is 0 Å². The summed E-state index contributed by atoms with van der Waals surface area (Å²) in [5.41, 5.74) is 0.487. The van der Waals surface area contributed by atoms with Gasteiger partial charge in [0, 0.05) is 19.2 Å². The van der Waals surface area contributed by atoms with Gasteiger partial charge in [-0.1, -0.05) is 12.8 Å². The second kappa shape index (κ2) is 4.89. The topological polar surface area (TPSA) is 32.3 Å². The van der Waals surface area contributed by atoms with E-state index in [9.17, 15) is 0 Å². The largest absolute Gasteiger partial charge is 0.396 e. The summed E-state index contributed by atoms with van der Waals surface area (Å²) in [6.45, 7) is 1.55. The fourth-order valence-electron chi connectivity index (χ4n) is 3.58. The van der Waals surface area contributed by atoms with Crippen molar-refractivity contribution in [3.63, 3.8) is 0 Å². The highest BCUT2D eigenvalue weighted by atomic mass is 16.3. The smallest absolute Gasteiger partial charge is 0.0436 e. The first-order valence-corrected chi connectivity index (χ1v) is 7.67. The van der Waals surface area contributed by atoms with Crippen LogP contribution < -0.4 is 5.32 Å². The third-order valence-electron chi connectivity index (χ3n) is 5.63. The van der Waals surface area contributed by atoms with E-state index in [2.05, 4.69) is 5.32 Å². The lowest BCUT2D eigenvalue weighted by Crippen LogP contribution is -2.48. The van der Waals surface area contributed by atoms with Crippen LogP contribution in [0.15, 0.2) is 0 Å². The van der Waals surface area contributed by atoms with Crippen LogP contribution in [0.1, 0.15) is 57.8 Å². The third kappa shape index (κ3) is 2.53. The molecule has 0 atom stereocenters. The van der Waals surface area contributed by atoms with Gasteiger partial charge in [0.1, 0.15) is 0 Å². The van der Waals surface area contributed by atoms with E-state index in [1.165, 1.54) is 57.9 Å². The second-order valence-electron chi connectivity index (χ2n) is 6.76. The molecule has 0 aliphatic heterocycles. The molecular weight excluding hydrogens is 210 g/mol. The molecule has 3 aliphatic carbocycles. The van der Waals surface area contributed by atoms with Crippen molar-refractivity contribution in [3.05, 3.63) is 0 Å². The molecule has 2 N–H and O–H groups in total. The van der Waals surface area contributed by atoms with Crippen molar-refractivity contribution < 1.29 is 5.11 Å². The van der Waals surface area contributed by atoms with E-state index in [1.54, 1.807) is 0 Å². The van der Waals surface area contributed by atoms with Gasteiger partial charge in [0.25, 0.3) is 0 Å². The highest BCUT2D eigenvalue weighted by Crippen LogP contribution is 2.49. The number of aliphatic hydroxyl groups excluding tert-OH is 1. The van der Waals surface area contributed by atoms with E-state index in [-0.39, 0.29) is 0 Å². The van der Waals surface area contributed by atoms with E-state index in [0.717, 1.165) is 24.3 Å². The molecular formula is C15H27NO. The number of nitrogens with one attached hydrogen (secondary N) is 1.